The molecule has 0 amide bonds. The molecule has 128 valence electrons. The molecule has 0 radical (unpaired) electrons. The molecule has 1 fully saturated rings. The zero-order chi connectivity index (χ0) is 17.0. The van der Waals surface area contributed by atoms with Crippen LogP contribution in [-0.4, -0.2) is 23.2 Å². The van der Waals surface area contributed by atoms with Crippen LogP contribution in [0.5, 0.6) is 0 Å². The fourth-order valence-electron chi connectivity index (χ4n) is 3.23. The van der Waals surface area contributed by atoms with Crippen LogP contribution in [0.3, 0.4) is 0 Å². The standard InChI is InChI=1S/C17H22F3NO2/c1-2-3-15(16(22)23)21-14-9-6-12(10-14)11-4-7-13(8-5-11)17(18,19)20/h4-5,7-8,12,14-15,21H,2-3,6,9-10H2,1H3,(H,22,23). The second-order valence-corrected chi connectivity index (χ2v) is 6.17. The number of nitrogens with one attached hydrogen (secondary N) is 1. The maximum atomic E-state index is 12.6. The quantitative estimate of drug-likeness (QED) is 0.823. The molecule has 3 nitrogen and oxygen atoms in total. The van der Waals surface area contributed by atoms with Crippen molar-refractivity contribution in [3.63, 3.8) is 0 Å². The molecule has 3 atom stereocenters. The minimum atomic E-state index is -4.31. The molecule has 23 heavy (non-hydrogen) atoms. The van der Waals surface area contributed by atoms with E-state index in [9.17, 15) is 23.1 Å². The van der Waals surface area contributed by atoms with E-state index in [-0.39, 0.29) is 12.0 Å². The van der Waals surface area contributed by atoms with Gasteiger partial charge in [0.2, 0.25) is 0 Å². The highest BCUT2D eigenvalue weighted by Crippen LogP contribution is 2.36. The Morgan fingerprint density at radius 3 is 2.48 bits per heavy atom. The van der Waals surface area contributed by atoms with E-state index in [4.69, 9.17) is 0 Å². The van der Waals surface area contributed by atoms with Gasteiger partial charge in [-0.2, -0.15) is 13.2 Å². The maximum Gasteiger partial charge on any atom is 0.416 e. The van der Waals surface area contributed by atoms with Crippen molar-refractivity contribution in [1.82, 2.24) is 5.32 Å². The van der Waals surface area contributed by atoms with Crippen molar-refractivity contribution in [2.24, 2.45) is 0 Å². The molecule has 1 aliphatic carbocycles. The highest BCUT2D eigenvalue weighted by atomic mass is 19.4. The van der Waals surface area contributed by atoms with Gasteiger partial charge in [0.15, 0.2) is 0 Å². The number of halogens is 3. The highest BCUT2D eigenvalue weighted by Gasteiger charge is 2.32. The van der Waals surface area contributed by atoms with Gasteiger partial charge < -0.3 is 10.4 Å². The molecule has 3 unspecified atom stereocenters. The molecule has 1 aromatic carbocycles. The van der Waals surface area contributed by atoms with Crippen LogP contribution in [0, 0.1) is 0 Å². The van der Waals surface area contributed by atoms with Crippen molar-refractivity contribution in [2.75, 3.05) is 0 Å². The lowest BCUT2D eigenvalue weighted by Gasteiger charge is -2.19. The van der Waals surface area contributed by atoms with E-state index in [2.05, 4.69) is 5.32 Å². The first kappa shape index (κ1) is 17.8. The van der Waals surface area contributed by atoms with Gasteiger partial charge in [0.05, 0.1) is 5.56 Å². The largest absolute Gasteiger partial charge is 0.480 e. The number of hydrogen-bond donors (Lipinski definition) is 2. The Hall–Kier alpha value is -1.56. The number of aliphatic carboxylic acids is 1. The molecule has 0 aromatic heterocycles. The van der Waals surface area contributed by atoms with Crippen LogP contribution in [0.4, 0.5) is 13.2 Å². The third-order valence-corrected chi connectivity index (χ3v) is 4.45. The van der Waals surface area contributed by atoms with Crippen molar-refractivity contribution < 1.29 is 23.1 Å². The Balaban J connectivity index is 1.95. The number of alkyl halides is 3. The normalized spacial score (nSPS) is 23.0. The predicted octanol–water partition coefficient (Wildman–Crippen LogP) is 4.18. The maximum absolute atomic E-state index is 12.6. The molecule has 0 saturated heterocycles. The zero-order valence-electron chi connectivity index (χ0n) is 13.1. The van der Waals surface area contributed by atoms with E-state index in [0.29, 0.717) is 6.42 Å². The van der Waals surface area contributed by atoms with E-state index in [1.807, 2.05) is 6.92 Å². The monoisotopic (exact) mass is 329 g/mol. The van der Waals surface area contributed by atoms with Crippen LogP contribution in [0.1, 0.15) is 56.1 Å². The van der Waals surface area contributed by atoms with Gasteiger partial charge in [-0.25, -0.2) is 0 Å². The average molecular weight is 329 g/mol. The molecule has 1 saturated carbocycles. The lowest BCUT2D eigenvalue weighted by molar-refractivity contribution is -0.140. The Bertz CT molecular complexity index is 528. The minimum Gasteiger partial charge on any atom is -0.480 e. The first-order chi connectivity index (χ1) is 10.8. The van der Waals surface area contributed by atoms with Gasteiger partial charge in [-0.05, 0) is 49.3 Å². The first-order valence-corrected chi connectivity index (χ1v) is 7.97. The van der Waals surface area contributed by atoms with Crippen LogP contribution in [0.15, 0.2) is 24.3 Å². The molecule has 1 aromatic rings. The number of carbonyl (C=O) groups is 1. The zero-order valence-corrected chi connectivity index (χ0v) is 13.1. The van der Waals surface area contributed by atoms with Gasteiger partial charge in [-0.15, -0.1) is 0 Å². The summed E-state index contributed by atoms with van der Waals surface area (Å²) in [7, 11) is 0. The summed E-state index contributed by atoms with van der Waals surface area (Å²) in [6.07, 6.45) is -0.470. The van der Waals surface area contributed by atoms with Crippen molar-refractivity contribution in [3.8, 4) is 0 Å². The highest BCUT2D eigenvalue weighted by molar-refractivity contribution is 5.73. The van der Waals surface area contributed by atoms with E-state index in [1.165, 1.54) is 12.1 Å². The fourth-order valence-corrected chi connectivity index (χ4v) is 3.23. The molecule has 0 heterocycles. The van der Waals surface area contributed by atoms with Crippen molar-refractivity contribution in [1.29, 1.82) is 0 Å². The van der Waals surface area contributed by atoms with E-state index >= 15 is 0 Å². The minimum absolute atomic E-state index is 0.106. The summed E-state index contributed by atoms with van der Waals surface area (Å²) in [5, 5.41) is 12.4. The first-order valence-electron chi connectivity index (χ1n) is 7.97. The molecule has 1 aliphatic rings. The molecule has 0 aliphatic heterocycles. The predicted molar refractivity (Wildman–Crippen MR) is 81.3 cm³/mol. The Labute approximate surface area is 133 Å². The molecule has 0 spiro atoms. The van der Waals surface area contributed by atoms with Crippen LogP contribution >= 0.6 is 0 Å². The summed E-state index contributed by atoms with van der Waals surface area (Å²) in [4.78, 5) is 11.2. The Morgan fingerprint density at radius 2 is 1.96 bits per heavy atom. The lowest BCUT2D eigenvalue weighted by atomic mass is 9.96. The van der Waals surface area contributed by atoms with Gasteiger partial charge in [-0.1, -0.05) is 25.5 Å². The van der Waals surface area contributed by atoms with Gasteiger partial charge in [0.1, 0.15) is 6.04 Å². The van der Waals surface area contributed by atoms with Gasteiger partial charge in [0, 0.05) is 6.04 Å². The Morgan fingerprint density at radius 1 is 1.30 bits per heavy atom. The van der Waals surface area contributed by atoms with Crippen molar-refractivity contribution in [3.05, 3.63) is 35.4 Å². The van der Waals surface area contributed by atoms with E-state index in [1.54, 1.807) is 0 Å². The summed E-state index contributed by atoms with van der Waals surface area (Å²) in [6, 6.07) is 4.87. The van der Waals surface area contributed by atoms with Crippen LogP contribution < -0.4 is 5.32 Å². The molecule has 6 heteroatoms. The van der Waals surface area contributed by atoms with E-state index < -0.39 is 23.8 Å². The third-order valence-electron chi connectivity index (χ3n) is 4.45. The van der Waals surface area contributed by atoms with Crippen molar-refractivity contribution >= 4 is 5.97 Å². The van der Waals surface area contributed by atoms with Crippen LogP contribution in [0.25, 0.3) is 0 Å². The second kappa shape index (κ2) is 7.34. The SMILES string of the molecule is CCCC(NC1CCC(c2ccc(C(F)(F)F)cc2)C1)C(=O)O. The lowest BCUT2D eigenvalue weighted by Crippen LogP contribution is -2.42. The number of rotatable bonds is 6. The van der Waals surface area contributed by atoms with Gasteiger partial charge in [-0.3, -0.25) is 4.79 Å². The smallest absolute Gasteiger partial charge is 0.416 e. The second-order valence-electron chi connectivity index (χ2n) is 6.17. The Kier molecular flexibility index (Phi) is 5.68. The summed E-state index contributed by atoms with van der Waals surface area (Å²) >= 11 is 0. The van der Waals surface area contributed by atoms with E-state index in [0.717, 1.165) is 43.4 Å². The number of benzene rings is 1. The molecular formula is C17H22F3NO2. The third kappa shape index (κ3) is 4.70. The summed E-state index contributed by atoms with van der Waals surface area (Å²) in [6.45, 7) is 1.94. The topological polar surface area (TPSA) is 49.3 Å². The summed E-state index contributed by atoms with van der Waals surface area (Å²) in [5.41, 5.74) is 0.257. The van der Waals surface area contributed by atoms with Crippen molar-refractivity contribution in [2.45, 2.75) is 63.2 Å². The molecule has 2 N–H and O–H groups in total. The number of carboxylic acid groups (broad SMARTS) is 1. The molecular weight excluding hydrogens is 307 g/mol. The number of hydrogen-bond acceptors (Lipinski definition) is 2. The molecule has 2 rings (SSSR count). The van der Waals surface area contributed by atoms with Crippen LogP contribution in [-0.2, 0) is 11.0 Å². The summed E-state index contributed by atoms with van der Waals surface area (Å²) in [5.74, 6) is -0.657. The van der Waals surface area contributed by atoms with Gasteiger partial charge >= 0.3 is 12.1 Å². The van der Waals surface area contributed by atoms with Gasteiger partial charge in [0.25, 0.3) is 0 Å². The fraction of sp³-hybridized carbons (Fsp3) is 0.588. The van der Waals surface area contributed by atoms with Crippen LogP contribution in [0.2, 0.25) is 0 Å². The molecule has 0 bridgehead atoms. The average Bonchev–Trinajstić information content (AvgIpc) is 2.94. The number of carboxylic acids is 1. The summed E-state index contributed by atoms with van der Waals surface area (Å²) < 4.78 is 37.8.